The lowest BCUT2D eigenvalue weighted by Gasteiger charge is -2.26. The second kappa shape index (κ2) is 9.16. The monoisotopic (exact) mass is 464 g/mol. The molecule has 4 rings (SSSR count). The zero-order valence-electron chi connectivity index (χ0n) is 17.2. The molecule has 1 N–H and O–H groups in total. The van der Waals surface area contributed by atoms with Crippen LogP contribution in [0, 0.1) is 5.92 Å². The highest BCUT2D eigenvalue weighted by molar-refractivity contribution is 7.89. The van der Waals surface area contributed by atoms with E-state index in [-0.39, 0.29) is 40.5 Å². The Morgan fingerprint density at radius 3 is 2.45 bits per heavy atom. The number of methoxy groups -OCH3 is 1. The van der Waals surface area contributed by atoms with Crippen LogP contribution in [-0.4, -0.2) is 52.0 Å². The number of hydrogen-bond acceptors (Lipinski definition) is 5. The van der Waals surface area contributed by atoms with Gasteiger partial charge in [0.05, 0.1) is 31.4 Å². The summed E-state index contributed by atoms with van der Waals surface area (Å²) in [5.74, 6) is 0.782. The van der Waals surface area contributed by atoms with Crippen molar-refractivity contribution >= 4 is 27.5 Å². The molecule has 9 heteroatoms. The zero-order valence-corrected chi connectivity index (χ0v) is 18.8. The molecule has 1 aliphatic heterocycles. The van der Waals surface area contributed by atoms with Crippen LogP contribution < -0.4 is 10.1 Å². The van der Waals surface area contributed by atoms with Crippen LogP contribution in [0.15, 0.2) is 47.4 Å². The van der Waals surface area contributed by atoms with Gasteiger partial charge in [-0.25, -0.2) is 8.42 Å². The Labute approximate surface area is 187 Å². The lowest BCUT2D eigenvalue weighted by Crippen LogP contribution is -2.40. The van der Waals surface area contributed by atoms with Crippen LogP contribution in [0.25, 0.3) is 0 Å². The number of morpholine rings is 1. The molecule has 2 fully saturated rings. The van der Waals surface area contributed by atoms with Crippen LogP contribution in [0.4, 0.5) is 0 Å². The Bertz CT molecular complexity index is 1050. The maximum absolute atomic E-state index is 13.0. The van der Waals surface area contributed by atoms with Crippen molar-refractivity contribution in [3.8, 4) is 5.75 Å². The predicted octanol–water partition coefficient (Wildman–Crippen LogP) is 3.25. The summed E-state index contributed by atoms with van der Waals surface area (Å²) in [4.78, 5) is 13.0. The molecular formula is C22H25ClN2O5S. The fourth-order valence-electron chi connectivity index (χ4n) is 3.71. The number of nitrogens with zero attached hydrogens (tertiary/aromatic N) is 1. The normalized spacial score (nSPS) is 18.4. The van der Waals surface area contributed by atoms with Crippen molar-refractivity contribution in [1.29, 1.82) is 0 Å². The first-order chi connectivity index (χ1) is 14.9. The molecule has 1 unspecified atom stereocenters. The van der Waals surface area contributed by atoms with Crippen molar-refractivity contribution < 1.29 is 22.7 Å². The lowest BCUT2D eigenvalue weighted by molar-refractivity contribution is 0.0730. The van der Waals surface area contributed by atoms with Crippen LogP contribution in [0.3, 0.4) is 0 Å². The molecule has 0 radical (unpaired) electrons. The third kappa shape index (κ3) is 4.87. The van der Waals surface area contributed by atoms with E-state index in [9.17, 15) is 13.2 Å². The Balaban J connectivity index is 1.57. The van der Waals surface area contributed by atoms with Crippen LogP contribution in [0.5, 0.6) is 5.75 Å². The van der Waals surface area contributed by atoms with Crippen molar-refractivity contribution in [1.82, 2.24) is 9.62 Å². The zero-order chi connectivity index (χ0) is 22.0. The molecule has 2 aromatic rings. The first kappa shape index (κ1) is 22.1. The number of carbonyl (C=O) groups excluding carboxylic acids is 1. The maximum atomic E-state index is 13.0. The summed E-state index contributed by atoms with van der Waals surface area (Å²) in [6.07, 6.45) is 2.07. The minimum absolute atomic E-state index is 0.0591. The molecule has 1 amide bonds. The van der Waals surface area contributed by atoms with E-state index < -0.39 is 10.0 Å². The molecule has 31 heavy (non-hydrogen) atoms. The van der Waals surface area contributed by atoms with E-state index >= 15 is 0 Å². The van der Waals surface area contributed by atoms with E-state index in [4.69, 9.17) is 21.1 Å². The van der Waals surface area contributed by atoms with Gasteiger partial charge in [-0.3, -0.25) is 4.79 Å². The van der Waals surface area contributed by atoms with Gasteiger partial charge in [0.15, 0.2) is 0 Å². The van der Waals surface area contributed by atoms with Gasteiger partial charge in [0.2, 0.25) is 10.0 Å². The summed E-state index contributed by atoms with van der Waals surface area (Å²) in [6.45, 7) is 1.19. The first-order valence-corrected chi connectivity index (χ1v) is 12.0. The minimum atomic E-state index is -3.81. The molecule has 1 saturated heterocycles. The summed E-state index contributed by atoms with van der Waals surface area (Å²) in [5, 5.41) is 3.17. The Morgan fingerprint density at radius 1 is 1.16 bits per heavy atom. The smallest absolute Gasteiger partial charge is 0.251 e. The molecule has 2 aromatic carbocycles. The van der Waals surface area contributed by atoms with Crippen LogP contribution in [0.1, 0.15) is 34.8 Å². The number of carbonyl (C=O) groups is 1. The molecule has 2 aliphatic rings. The minimum Gasteiger partial charge on any atom is -0.497 e. The predicted molar refractivity (Wildman–Crippen MR) is 117 cm³/mol. The van der Waals surface area contributed by atoms with E-state index in [1.54, 1.807) is 13.2 Å². The highest BCUT2D eigenvalue weighted by atomic mass is 35.5. The number of sulfonamides is 1. The molecule has 1 aliphatic carbocycles. The van der Waals surface area contributed by atoms with Gasteiger partial charge in [-0.15, -0.1) is 0 Å². The number of ether oxygens (including phenoxy) is 2. The molecule has 0 bridgehead atoms. The molecule has 7 nitrogen and oxygen atoms in total. The molecule has 0 aromatic heterocycles. The van der Waals surface area contributed by atoms with E-state index in [1.165, 1.54) is 16.4 Å². The van der Waals surface area contributed by atoms with Crippen LogP contribution in [0.2, 0.25) is 5.02 Å². The number of rotatable bonds is 7. The van der Waals surface area contributed by atoms with Crippen molar-refractivity contribution in [2.24, 2.45) is 5.92 Å². The van der Waals surface area contributed by atoms with Gasteiger partial charge < -0.3 is 14.8 Å². The standard InChI is InChI=1S/C22H25ClN2O5S/c1-29-18-7-4-16(5-8-18)21(15-2-3-15)24-22(26)17-6-9-19(23)20(14-17)31(27,28)25-10-12-30-13-11-25/h4-9,14-15,21H,2-3,10-13H2,1H3,(H,24,26). The molecule has 1 saturated carbocycles. The fraction of sp³-hybridized carbons (Fsp3) is 0.409. The van der Waals surface area contributed by atoms with Crippen molar-refractivity contribution in [2.75, 3.05) is 33.4 Å². The maximum Gasteiger partial charge on any atom is 0.251 e. The van der Waals surface area contributed by atoms with Gasteiger partial charge in [-0.05, 0) is 54.7 Å². The number of nitrogens with one attached hydrogen (secondary N) is 1. The molecular weight excluding hydrogens is 440 g/mol. The highest BCUT2D eigenvalue weighted by Gasteiger charge is 2.34. The van der Waals surface area contributed by atoms with E-state index in [1.807, 2.05) is 24.3 Å². The number of halogens is 1. The molecule has 0 spiro atoms. The van der Waals surface area contributed by atoms with Gasteiger partial charge in [0.25, 0.3) is 5.91 Å². The SMILES string of the molecule is COc1ccc(C(NC(=O)c2ccc(Cl)c(S(=O)(=O)N3CCOCC3)c2)C2CC2)cc1. The summed E-state index contributed by atoms with van der Waals surface area (Å²) >= 11 is 6.21. The van der Waals surface area contributed by atoms with E-state index in [2.05, 4.69) is 5.32 Å². The molecule has 1 atom stereocenters. The summed E-state index contributed by atoms with van der Waals surface area (Å²) in [7, 11) is -2.20. The second-order valence-corrected chi connectivity index (χ2v) is 10.0. The van der Waals surface area contributed by atoms with E-state index in [0.29, 0.717) is 19.1 Å². The summed E-state index contributed by atoms with van der Waals surface area (Å²) < 4.78 is 37.9. The third-order valence-electron chi connectivity index (χ3n) is 5.64. The third-order valence-corrected chi connectivity index (χ3v) is 8.02. The fourth-order valence-corrected chi connectivity index (χ4v) is 5.62. The van der Waals surface area contributed by atoms with Crippen LogP contribution >= 0.6 is 11.6 Å². The van der Waals surface area contributed by atoms with Gasteiger partial charge in [0.1, 0.15) is 10.6 Å². The summed E-state index contributed by atoms with van der Waals surface area (Å²) in [6, 6.07) is 11.8. The number of benzene rings is 2. The first-order valence-electron chi connectivity index (χ1n) is 10.2. The molecule has 166 valence electrons. The Morgan fingerprint density at radius 2 is 1.84 bits per heavy atom. The van der Waals surface area contributed by atoms with Gasteiger partial charge in [-0.2, -0.15) is 4.31 Å². The Hall–Kier alpha value is -2.13. The van der Waals surface area contributed by atoms with Crippen molar-refractivity contribution in [3.05, 3.63) is 58.6 Å². The highest BCUT2D eigenvalue weighted by Crippen LogP contribution is 2.41. The van der Waals surface area contributed by atoms with Crippen LogP contribution in [-0.2, 0) is 14.8 Å². The number of hydrogen-bond donors (Lipinski definition) is 1. The topological polar surface area (TPSA) is 84.9 Å². The Kier molecular flexibility index (Phi) is 6.52. The lowest BCUT2D eigenvalue weighted by atomic mass is 10.0. The average molecular weight is 465 g/mol. The van der Waals surface area contributed by atoms with Crippen molar-refractivity contribution in [2.45, 2.75) is 23.8 Å². The quantitative estimate of drug-likeness (QED) is 0.679. The molecule has 1 heterocycles. The van der Waals surface area contributed by atoms with Gasteiger partial charge >= 0.3 is 0 Å². The number of amides is 1. The summed E-state index contributed by atoms with van der Waals surface area (Å²) in [5.41, 5.74) is 1.25. The van der Waals surface area contributed by atoms with E-state index in [0.717, 1.165) is 24.2 Å². The largest absolute Gasteiger partial charge is 0.497 e. The van der Waals surface area contributed by atoms with Gasteiger partial charge in [0, 0.05) is 18.7 Å². The van der Waals surface area contributed by atoms with Gasteiger partial charge in [-0.1, -0.05) is 23.7 Å². The van der Waals surface area contributed by atoms with Crippen molar-refractivity contribution in [3.63, 3.8) is 0 Å². The average Bonchev–Trinajstić information content (AvgIpc) is 3.63. The second-order valence-electron chi connectivity index (χ2n) is 7.72.